The fourth-order valence-electron chi connectivity index (χ4n) is 7.85. The molecule has 25 heavy (non-hydrogen) atoms. The van der Waals surface area contributed by atoms with Crippen molar-refractivity contribution in [3.05, 3.63) is 11.6 Å². The molecular weight excluding hydrogens is 306 g/mol. The Labute approximate surface area is 154 Å². The summed E-state index contributed by atoms with van der Waals surface area (Å²) in [6, 6.07) is 0.783. The predicted octanol–water partition coefficient (Wildman–Crippen LogP) is 5.08. The average molecular weight is 344 g/mol. The second-order valence-corrected chi connectivity index (χ2v) is 10.3. The van der Waals surface area contributed by atoms with E-state index in [1.54, 1.807) is 0 Å². The second kappa shape index (κ2) is 5.94. The van der Waals surface area contributed by atoms with Crippen LogP contribution in [0.4, 0.5) is 0 Å². The summed E-state index contributed by atoms with van der Waals surface area (Å²) in [5.41, 5.74) is 1.87. The van der Waals surface area contributed by atoms with Gasteiger partial charge < -0.3 is 4.90 Å². The number of hydrogen-bond acceptors (Lipinski definition) is 2. The van der Waals surface area contributed by atoms with Crippen LogP contribution in [-0.2, 0) is 4.79 Å². The minimum Gasteiger partial charge on any atom is -0.306 e. The Bertz CT molecular complexity index is 593. The number of Topliss-reactive ketones (excluding diaryl/α,β-unsaturated/α-hetero) is 1. The van der Waals surface area contributed by atoms with Gasteiger partial charge in [0.2, 0.25) is 0 Å². The highest BCUT2D eigenvalue weighted by Crippen LogP contribution is 2.66. The molecule has 0 spiro atoms. The fourth-order valence-corrected chi connectivity index (χ4v) is 7.85. The van der Waals surface area contributed by atoms with Crippen LogP contribution in [0.2, 0.25) is 0 Å². The lowest BCUT2D eigenvalue weighted by Crippen LogP contribution is -2.54. The zero-order chi connectivity index (χ0) is 18.0. The summed E-state index contributed by atoms with van der Waals surface area (Å²) in [7, 11) is 4.52. The molecule has 2 heteroatoms. The maximum atomic E-state index is 12.7. The Kier molecular flexibility index (Phi) is 4.22. The summed E-state index contributed by atoms with van der Waals surface area (Å²) in [6.07, 6.45) is 12.5. The molecule has 0 heterocycles. The Morgan fingerprint density at radius 2 is 1.80 bits per heavy atom. The van der Waals surface area contributed by atoms with Crippen LogP contribution in [0.5, 0.6) is 0 Å². The predicted molar refractivity (Wildman–Crippen MR) is 103 cm³/mol. The third kappa shape index (κ3) is 2.42. The van der Waals surface area contributed by atoms with Gasteiger partial charge in [0.15, 0.2) is 5.78 Å². The summed E-state index contributed by atoms with van der Waals surface area (Å²) in [6.45, 7) is 7.11. The topological polar surface area (TPSA) is 20.3 Å². The number of hydrogen-bond donors (Lipinski definition) is 0. The van der Waals surface area contributed by atoms with Crippen LogP contribution >= 0.6 is 0 Å². The number of rotatable bonds is 1. The Balaban J connectivity index is 1.61. The first kappa shape index (κ1) is 17.8. The summed E-state index contributed by atoms with van der Waals surface area (Å²) >= 11 is 0. The van der Waals surface area contributed by atoms with E-state index >= 15 is 0 Å². The molecule has 2 nitrogen and oxygen atoms in total. The van der Waals surface area contributed by atoms with Gasteiger partial charge in [-0.25, -0.2) is 0 Å². The number of ketones is 1. The van der Waals surface area contributed by atoms with Crippen molar-refractivity contribution >= 4 is 5.78 Å². The smallest absolute Gasteiger partial charge is 0.159 e. The molecule has 4 fully saturated rings. The Hall–Kier alpha value is -0.630. The minimum absolute atomic E-state index is 0.178. The van der Waals surface area contributed by atoms with E-state index in [9.17, 15) is 4.79 Å². The van der Waals surface area contributed by atoms with Gasteiger partial charge in [-0.05, 0) is 106 Å². The second-order valence-electron chi connectivity index (χ2n) is 10.3. The molecule has 4 saturated carbocycles. The van der Waals surface area contributed by atoms with Crippen molar-refractivity contribution in [3.8, 4) is 0 Å². The van der Waals surface area contributed by atoms with Crippen LogP contribution in [0, 0.1) is 34.5 Å². The summed E-state index contributed by atoms with van der Waals surface area (Å²) in [5, 5.41) is 0. The van der Waals surface area contributed by atoms with Gasteiger partial charge in [-0.15, -0.1) is 0 Å². The normalized spacial score (nSPS) is 51.4. The van der Waals surface area contributed by atoms with Crippen LogP contribution in [0.25, 0.3) is 0 Å². The van der Waals surface area contributed by atoms with Crippen molar-refractivity contribution in [2.24, 2.45) is 34.5 Å². The molecule has 0 bridgehead atoms. The lowest BCUT2D eigenvalue weighted by molar-refractivity contribution is -0.117. The van der Waals surface area contributed by atoms with Crippen molar-refractivity contribution in [3.63, 3.8) is 0 Å². The van der Waals surface area contributed by atoms with Crippen LogP contribution in [0.1, 0.15) is 72.1 Å². The van der Waals surface area contributed by atoms with E-state index in [0.717, 1.165) is 30.2 Å². The first-order chi connectivity index (χ1) is 11.8. The molecule has 0 aliphatic heterocycles. The summed E-state index contributed by atoms with van der Waals surface area (Å²) in [5.74, 6) is 3.62. The number of carbonyl (C=O) groups excluding carboxylic acids is 1. The molecular formula is C23H37NO. The van der Waals surface area contributed by atoms with Gasteiger partial charge in [0.05, 0.1) is 0 Å². The lowest BCUT2D eigenvalue weighted by atomic mass is 9.45. The molecule has 4 rings (SSSR count). The zero-order valence-electron chi connectivity index (χ0n) is 17.0. The van der Waals surface area contributed by atoms with Gasteiger partial charge in [0.25, 0.3) is 0 Å². The molecule has 0 aromatic carbocycles. The molecule has 0 aromatic heterocycles. The van der Waals surface area contributed by atoms with Crippen LogP contribution in [-0.4, -0.2) is 30.8 Å². The third-order valence-corrected chi connectivity index (χ3v) is 9.37. The van der Waals surface area contributed by atoms with Gasteiger partial charge in [-0.3, -0.25) is 4.79 Å². The number of allylic oxidation sites excluding steroid dienone is 2. The Morgan fingerprint density at radius 1 is 1.04 bits per heavy atom. The van der Waals surface area contributed by atoms with Crippen LogP contribution in [0.3, 0.4) is 0 Å². The number of carbonyl (C=O) groups is 1. The molecule has 0 saturated heterocycles. The van der Waals surface area contributed by atoms with Crippen molar-refractivity contribution in [1.29, 1.82) is 0 Å². The van der Waals surface area contributed by atoms with E-state index in [2.05, 4.69) is 45.8 Å². The monoisotopic (exact) mass is 343 g/mol. The molecule has 4 aliphatic carbocycles. The zero-order valence-corrected chi connectivity index (χ0v) is 17.0. The van der Waals surface area contributed by atoms with Gasteiger partial charge in [-0.1, -0.05) is 19.9 Å². The Morgan fingerprint density at radius 3 is 2.48 bits per heavy atom. The first-order valence-corrected chi connectivity index (χ1v) is 10.7. The molecule has 140 valence electrons. The third-order valence-electron chi connectivity index (χ3n) is 9.37. The highest BCUT2D eigenvalue weighted by atomic mass is 16.1. The largest absolute Gasteiger partial charge is 0.306 e. The van der Waals surface area contributed by atoms with E-state index < -0.39 is 0 Å². The fraction of sp³-hybridized carbons (Fsp3) is 0.870. The maximum absolute atomic E-state index is 12.7. The standard InChI is InChI=1S/C23H37NO/c1-6-18-21(25)14-20-17-8-7-15-13-16(24(4)5)9-11-22(15,2)19(17)10-12-23(18,20)3/h6,15-17,19-20H,7-14H2,1-5H3/b18-6+/t15-,16-,17+,19-,20-,22-,23+/m0/s1. The maximum Gasteiger partial charge on any atom is 0.159 e. The molecule has 7 atom stereocenters. The van der Waals surface area contributed by atoms with E-state index in [0.29, 0.717) is 17.1 Å². The summed E-state index contributed by atoms with van der Waals surface area (Å²) in [4.78, 5) is 15.1. The molecule has 0 aromatic rings. The summed E-state index contributed by atoms with van der Waals surface area (Å²) < 4.78 is 0. The van der Waals surface area contributed by atoms with Crippen molar-refractivity contribution in [1.82, 2.24) is 4.90 Å². The van der Waals surface area contributed by atoms with Crippen molar-refractivity contribution in [2.45, 2.75) is 78.2 Å². The van der Waals surface area contributed by atoms with E-state index in [1.165, 1.54) is 50.5 Å². The number of fused-ring (bicyclic) bond motifs is 5. The van der Waals surface area contributed by atoms with E-state index in [4.69, 9.17) is 0 Å². The van der Waals surface area contributed by atoms with Crippen LogP contribution in [0.15, 0.2) is 11.6 Å². The van der Waals surface area contributed by atoms with E-state index in [-0.39, 0.29) is 5.41 Å². The highest BCUT2D eigenvalue weighted by Gasteiger charge is 2.60. The quantitative estimate of drug-likeness (QED) is 0.618. The molecule has 0 unspecified atom stereocenters. The van der Waals surface area contributed by atoms with Crippen LogP contribution < -0.4 is 0 Å². The molecule has 0 amide bonds. The van der Waals surface area contributed by atoms with Gasteiger partial charge in [0.1, 0.15) is 0 Å². The molecule has 0 radical (unpaired) electrons. The van der Waals surface area contributed by atoms with Gasteiger partial charge in [0, 0.05) is 12.5 Å². The molecule has 4 aliphatic rings. The van der Waals surface area contributed by atoms with Gasteiger partial charge in [-0.2, -0.15) is 0 Å². The number of nitrogens with zero attached hydrogens (tertiary/aromatic N) is 1. The lowest BCUT2D eigenvalue weighted by Gasteiger charge is -2.61. The highest BCUT2D eigenvalue weighted by molar-refractivity contribution is 5.99. The van der Waals surface area contributed by atoms with E-state index in [1.807, 2.05) is 0 Å². The SMILES string of the molecule is C/C=C1\C(=O)C[C@H]2[C@@H]3CC[C@H]4C[C@@H](N(C)C)CC[C@]4(C)[C@H]3CC[C@]12C. The first-order valence-electron chi connectivity index (χ1n) is 10.7. The molecule has 0 N–H and O–H groups in total. The van der Waals surface area contributed by atoms with Gasteiger partial charge >= 0.3 is 0 Å². The average Bonchev–Trinajstić information content (AvgIpc) is 2.83. The van der Waals surface area contributed by atoms with Crippen molar-refractivity contribution < 1.29 is 4.79 Å². The minimum atomic E-state index is 0.178. The van der Waals surface area contributed by atoms with Crippen molar-refractivity contribution in [2.75, 3.05) is 14.1 Å².